The van der Waals surface area contributed by atoms with Crippen LogP contribution < -0.4 is 10.6 Å². The maximum atomic E-state index is 14.1. The molecule has 0 aliphatic carbocycles. The van der Waals surface area contributed by atoms with Gasteiger partial charge in [-0.15, -0.1) is 11.3 Å². The molecule has 140 valence electrons. The van der Waals surface area contributed by atoms with Crippen molar-refractivity contribution in [3.8, 4) is 0 Å². The molecule has 0 bridgehead atoms. The summed E-state index contributed by atoms with van der Waals surface area (Å²) in [5.41, 5.74) is -0.567. The lowest BCUT2D eigenvalue weighted by Gasteiger charge is -2.06. The average molecular weight is 455 g/mol. The Labute approximate surface area is 164 Å². The summed E-state index contributed by atoms with van der Waals surface area (Å²) in [4.78, 5) is 38.1. The van der Waals surface area contributed by atoms with Crippen LogP contribution in [-0.4, -0.2) is 28.3 Å². The smallest absolute Gasteiger partial charge is 0.306 e. The maximum Gasteiger partial charge on any atom is 0.306 e. The van der Waals surface area contributed by atoms with Crippen molar-refractivity contribution in [3.05, 3.63) is 54.4 Å². The number of hydrogen-bond acceptors (Lipinski definition) is 5. The first-order chi connectivity index (χ1) is 12.8. The molecule has 1 aromatic carbocycles. The van der Waals surface area contributed by atoms with Gasteiger partial charge in [0.05, 0.1) is 24.7 Å². The second kappa shape index (κ2) is 7.45. The number of fused-ring (bicyclic) bond motifs is 1. The van der Waals surface area contributed by atoms with E-state index in [1.54, 1.807) is 19.1 Å². The Kier molecular flexibility index (Phi) is 5.24. The number of nitro groups is 1. The Bertz CT molecular complexity index is 1080. The van der Waals surface area contributed by atoms with Gasteiger partial charge in [0.2, 0.25) is 5.82 Å². The number of thiophene rings is 1. The van der Waals surface area contributed by atoms with Gasteiger partial charge in [0.25, 0.3) is 11.8 Å². The molecule has 0 spiro atoms. The fraction of sp³-hybridized carbons (Fsp3) is 0.125. The second-order valence-corrected chi connectivity index (χ2v) is 7.86. The van der Waals surface area contributed by atoms with Crippen LogP contribution in [0.1, 0.15) is 27.0 Å². The summed E-state index contributed by atoms with van der Waals surface area (Å²) in [6.45, 7) is 2.02. The minimum Gasteiger partial charge on any atom is -0.352 e. The first-order valence-corrected chi connectivity index (χ1v) is 9.27. The van der Waals surface area contributed by atoms with Crippen molar-refractivity contribution in [2.75, 3.05) is 11.9 Å². The molecule has 3 N–H and O–H groups in total. The molecule has 2 aromatic heterocycles. The van der Waals surface area contributed by atoms with Crippen molar-refractivity contribution in [1.82, 2.24) is 10.3 Å². The van der Waals surface area contributed by atoms with Crippen molar-refractivity contribution in [3.63, 3.8) is 0 Å². The van der Waals surface area contributed by atoms with E-state index in [-0.39, 0.29) is 22.3 Å². The van der Waals surface area contributed by atoms with Crippen LogP contribution >= 0.6 is 27.3 Å². The SMILES string of the molecule is CCNC(=O)c1c(NC(=O)c2ccc(Br)s2)[nH]c2cc([N+](=O)[O-])c(F)cc12. The summed E-state index contributed by atoms with van der Waals surface area (Å²) in [5, 5.41) is 16.3. The number of carbonyl (C=O) groups is 2. The Morgan fingerprint density at radius 3 is 2.67 bits per heavy atom. The van der Waals surface area contributed by atoms with Gasteiger partial charge in [0, 0.05) is 18.0 Å². The Morgan fingerprint density at radius 2 is 2.07 bits per heavy atom. The van der Waals surface area contributed by atoms with E-state index in [1.807, 2.05) is 0 Å². The fourth-order valence-electron chi connectivity index (χ4n) is 2.53. The molecule has 3 rings (SSSR count). The first kappa shape index (κ1) is 19.0. The van der Waals surface area contributed by atoms with Crippen molar-refractivity contribution in [2.24, 2.45) is 0 Å². The molecular weight excluding hydrogens is 443 g/mol. The van der Waals surface area contributed by atoms with E-state index in [1.165, 1.54) is 11.3 Å². The monoisotopic (exact) mass is 454 g/mol. The number of nitro benzene ring substituents is 1. The third kappa shape index (κ3) is 3.69. The summed E-state index contributed by atoms with van der Waals surface area (Å²) in [6.07, 6.45) is 0. The number of halogens is 2. The highest BCUT2D eigenvalue weighted by Crippen LogP contribution is 2.32. The minimum absolute atomic E-state index is 0.00428. The topological polar surface area (TPSA) is 117 Å². The number of aromatic amines is 1. The predicted octanol–water partition coefficient (Wildman–Crippen LogP) is 4.04. The van der Waals surface area contributed by atoms with Gasteiger partial charge in [0.1, 0.15) is 5.82 Å². The van der Waals surface area contributed by atoms with E-state index in [2.05, 4.69) is 31.5 Å². The predicted molar refractivity (Wildman–Crippen MR) is 103 cm³/mol. The van der Waals surface area contributed by atoms with Crippen molar-refractivity contribution < 1.29 is 18.9 Å². The number of carbonyl (C=O) groups excluding carboxylic acids is 2. The van der Waals surface area contributed by atoms with Crippen LogP contribution in [0.15, 0.2) is 28.1 Å². The lowest BCUT2D eigenvalue weighted by Crippen LogP contribution is -2.24. The molecular formula is C16H12BrFN4O4S. The van der Waals surface area contributed by atoms with Crippen molar-refractivity contribution in [2.45, 2.75) is 6.92 Å². The van der Waals surface area contributed by atoms with E-state index >= 15 is 0 Å². The van der Waals surface area contributed by atoms with Gasteiger partial charge in [0.15, 0.2) is 0 Å². The van der Waals surface area contributed by atoms with Gasteiger partial charge in [-0.1, -0.05) is 0 Å². The number of H-pyrrole nitrogens is 1. The number of nitrogens with zero attached hydrogens (tertiary/aromatic N) is 1. The van der Waals surface area contributed by atoms with Crippen LogP contribution in [0.2, 0.25) is 0 Å². The minimum atomic E-state index is -1.07. The molecule has 3 aromatic rings. The zero-order chi connectivity index (χ0) is 19.7. The van der Waals surface area contributed by atoms with Crippen LogP contribution in [0.4, 0.5) is 15.9 Å². The van der Waals surface area contributed by atoms with Gasteiger partial charge in [-0.25, -0.2) is 0 Å². The first-order valence-electron chi connectivity index (χ1n) is 7.66. The van der Waals surface area contributed by atoms with Crippen LogP contribution in [0.25, 0.3) is 10.9 Å². The van der Waals surface area contributed by atoms with E-state index in [0.717, 1.165) is 15.9 Å². The van der Waals surface area contributed by atoms with Gasteiger partial charge in [-0.05, 0) is 41.1 Å². The highest BCUT2D eigenvalue weighted by molar-refractivity contribution is 9.11. The quantitative estimate of drug-likeness (QED) is 0.398. The molecule has 0 saturated carbocycles. The summed E-state index contributed by atoms with van der Waals surface area (Å²) in [6, 6.07) is 5.20. The summed E-state index contributed by atoms with van der Waals surface area (Å²) >= 11 is 4.46. The number of aromatic nitrogens is 1. The molecule has 0 fully saturated rings. The molecule has 0 radical (unpaired) electrons. The molecule has 2 heterocycles. The average Bonchev–Trinajstić information content (AvgIpc) is 3.17. The number of nitrogens with one attached hydrogen (secondary N) is 3. The molecule has 0 atom stereocenters. The van der Waals surface area contributed by atoms with E-state index < -0.39 is 28.2 Å². The molecule has 8 nitrogen and oxygen atoms in total. The Morgan fingerprint density at radius 1 is 1.33 bits per heavy atom. The Balaban J connectivity index is 2.12. The summed E-state index contributed by atoms with van der Waals surface area (Å²) in [5.74, 6) is -2.06. The van der Waals surface area contributed by atoms with E-state index in [0.29, 0.717) is 11.4 Å². The molecule has 0 unspecified atom stereocenters. The van der Waals surface area contributed by atoms with E-state index in [4.69, 9.17) is 0 Å². The van der Waals surface area contributed by atoms with Crippen molar-refractivity contribution in [1.29, 1.82) is 0 Å². The lowest BCUT2D eigenvalue weighted by atomic mass is 10.1. The lowest BCUT2D eigenvalue weighted by molar-refractivity contribution is -0.387. The largest absolute Gasteiger partial charge is 0.352 e. The van der Waals surface area contributed by atoms with Crippen LogP contribution in [0, 0.1) is 15.9 Å². The highest BCUT2D eigenvalue weighted by atomic mass is 79.9. The molecule has 11 heteroatoms. The van der Waals surface area contributed by atoms with Gasteiger partial charge < -0.3 is 15.6 Å². The number of anilines is 1. The molecule has 2 amide bonds. The van der Waals surface area contributed by atoms with Crippen LogP contribution in [0.3, 0.4) is 0 Å². The van der Waals surface area contributed by atoms with Gasteiger partial charge in [-0.3, -0.25) is 19.7 Å². The number of amides is 2. The summed E-state index contributed by atoms with van der Waals surface area (Å²) in [7, 11) is 0. The third-order valence-electron chi connectivity index (χ3n) is 3.66. The molecule has 0 aliphatic rings. The molecule has 27 heavy (non-hydrogen) atoms. The number of rotatable bonds is 5. The van der Waals surface area contributed by atoms with Gasteiger partial charge in [-0.2, -0.15) is 4.39 Å². The van der Waals surface area contributed by atoms with Crippen molar-refractivity contribution >= 4 is 61.5 Å². The van der Waals surface area contributed by atoms with E-state index in [9.17, 15) is 24.1 Å². The maximum absolute atomic E-state index is 14.1. The fourth-order valence-corrected chi connectivity index (χ4v) is 3.82. The van der Waals surface area contributed by atoms with Crippen LogP contribution in [-0.2, 0) is 0 Å². The summed E-state index contributed by atoms with van der Waals surface area (Å²) < 4.78 is 14.8. The Hall–Kier alpha value is -2.79. The molecule has 0 saturated heterocycles. The molecule has 0 aliphatic heterocycles. The second-order valence-electron chi connectivity index (χ2n) is 5.40. The standard InChI is InChI=1S/C16H12BrFN4O4S/c1-2-19-16(24)13-7-5-8(18)10(22(25)26)6-9(7)20-14(13)21-15(23)11-3-4-12(17)27-11/h3-6,20H,2H2,1H3,(H,19,24)(H,21,23). The normalized spacial score (nSPS) is 10.8. The third-order valence-corrected chi connectivity index (χ3v) is 5.29. The highest BCUT2D eigenvalue weighted by Gasteiger charge is 2.24. The zero-order valence-electron chi connectivity index (χ0n) is 13.8. The zero-order valence-corrected chi connectivity index (χ0v) is 16.2. The van der Waals surface area contributed by atoms with Gasteiger partial charge >= 0.3 is 5.69 Å². The van der Waals surface area contributed by atoms with Crippen LogP contribution in [0.5, 0.6) is 0 Å². The number of benzene rings is 1. The number of hydrogen-bond donors (Lipinski definition) is 3.